The Morgan fingerprint density at radius 2 is 2.12 bits per heavy atom. The molecule has 17 heavy (non-hydrogen) atoms. The average molecular weight is 241 g/mol. The van der Waals surface area contributed by atoms with Gasteiger partial charge in [0.1, 0.15) is 5.78 Å². The maximum absolute atomic E-state index is 11.6. The van der Waals surface area contributed by atoms with Crippen LogP contribution in [-0.4, -0.2) is 28.9 Å². The molecule has 2 N–H and O–H groups in total. The zero-order chi connectivity index (χ0) is 13.1. The number of carbonyl (C=O) groups excluding carboxylic acids is 2. The van der Waals surface area contributed by atoms with Crippen LogP contribution in [0.1, 0.15) is 46.5 Å². The van der Waals surface area contributed by atoms with Gasteiger partial charge in [0.25, 0.3) is 0 Å². The molecule has 0 heterocycles. The van der Waals surface area contributed by atoms with Gasteiger partial charge < -0.3 is 10.4 Å². The Morgan fingerprint density at radius 1 is 1.53 bits per heavy atom. The van der Waals surface area contributed by atoms with Gasteiger partial charge in [0.2, 0.25) is 5.91 Å². The molecule has 0 saturated heterocycles. The second kappa shape index (κ2) is 5.63. The van der Waals surface area contributed by atoms with E-state index in [9.17, 15) is 14.7 Å². The summed E-state index contributed by atoms with van der Waals surface area (Å²) in [7, 11) is 0. The molecule has 1 fully saturated rings. The van der Waals surface area contributed by atoms with Crippen molar-refractivity contribution in [1.82, 2.24) is 5.32 Å². The van der Waals surface area contributed by atoms with E-state index in [1.165, 1.54) is 0 Å². The van der Waals surface area contributed by atoms with Gasteiger partial charge >= 0.3 is 0 Å². The van der Waals surface area contributed by atoms with Crippen molar-refractivity contribution in [1.29, 1.82) is 0 Å². The summed E-state index contributed by atoms with van der Waals surface area (Å²) in [5.74, 6) is 0.427. The van der Waals surface area contributed by atoms with Crippen LogP contribution in [0.4, 0.5) is 0 Å². The van der Waals surface area contributed by atoms with Gasteiger partial charge in [0.15, 0.2) is 0 Å². The first-order valence-corrected chi connectivity index (χ1v) is 6.32. The average Bonchev–Trinajstić information content (AvgIpc) is 2.19. The quantitative estimate of drug-likeness (QED) is 0.736. The van der Waals surface area contributed by atoms with Crippen molar-refractivity contribution in [3.63, 3.8) is 0 Å². The summed E-state index contributed by atoms with van der Waals surface area (Å²) in [4.78, 5) is 22.3. The Bertz CT molecular complexity index is 289. The number of ketones is 1. The molecule has 1 unspecified atom stereocenters. The lowest BCUT2D eigenvalue weighted by atomic mass is 9.83. The molecule has 4 heteroatoms. The fraction of sp³-hybridized carbons (Fsp3) is 0.846. The Kier molecular flexibility index (Phi) is 4.69. The molecule has 0 aliphatic heterocycles. The number of nitrogens with one attached hydrogen (secondary N) is 1. The zero-order valence-electron chi connectivity index (χ0n) is 11.0. The predicted molar refractivity (Wildman–Crippen MR) is 65.4 cm³/mol. The number of hydrogen-bond donors (Lipinski definition) is 2. The maximum Gasteiger partial charge on any atom is 0.224 e. The van der Waals surface area contributed by atoms with Crippen LogP contribution in [0.5, 0.6) is 0 Å². The van der Waals surface area contributed by atoms with Crippen molar-refractivity contribution >= 4 is 11.7 Å². The predicted octanol–water partition coefficient (Wildman–Crippen LogP) is 1.27. The second-order valence-corrected chi connectivity index (χ2v) is 5.79. The fourth-order valence-corrected chi connectivity index (χ4v) is 1.79. The molecule has 4 nitrogen and oxygen atoms in total. The first kappa shape index (κ1) is 14.2. The molecule has 98 valence electrons. The Balaban J connectivity index is 2.24. The van der Waals surface area contributed by atoms with Gasteiger partial charge in [-0.15, -0.1) is 0 Å². The molecule has 1 atom stereocenters. The van der Waals surface area contributed by atoms with Gasteiger partial charge in [-0.2, -0.15) is 0 Å². The standard InChI is InChI=1S/C13H23NO3/c1-9(2)4-5-13(3,17)8-14-12(16)10-6-11(15)7-10/h9-10,17H,4-8H2,1-3H3,(H,14,16). The number of aliphatic hydroxyl groups is 1. The van der Waals surface area contributed by atoms with E-state index in [0.29, 0.717) is 25.2 Å². The number of Topliss-reactive ketones (excluding diaryl/α,β-unsaturated/α-hetero) is 1. The number of carbonyl (C=O) groups is 2. The van der Waals surface area contributed by atoms with Gasteiger partial charge in [-0.3, -0.25) is 9.59 Å². The van der Waals surface area contributed by atoms with Crippen molar-refractivity contribution in [3.05, 3.63) is 0 Å². The lowest BCUT2D eigenvalue weighted by Crippen LogP contribution is -2.45. The maximum atomic E-state index is 11.6. The van der Waals surface area contributed by atoms with Gasteiger partial charge in [-0.1, -0.05) is 13.8 Å². The Morgan fingerprint density at radius 3 is 2.59 bits per heavy atom. The number of rotatable bonds is 6. The van der Waals surface area contributed by atoms with Crippen molar-refractivity contribution in [3.8, 4) is 0 Å². The van der Waals surface area contributed by atoms with Crippen LogP contribution >= 0.6 is 0 Å². The monoisotopic (exact) mass is 241 g/mol. The topological polar surface area (TPSA) is 66.4 Å². The van der Waals surface area contributed by atoms with Gasteiger partial charge in [0, 0.05) is 19.4 Å². The lowest BCUT2D eigenvalue weighted by Gasteiger charge is -2.28. The Hall–Kier alpha value is -0.900. The molecule has 0 aromatic rings. The third-order valence-electron chi connectivity index (χ3n) is 3.22. The normalized spacial score (nSPS) is 19.9. The molecular weight excluding hydrogens is 218 g/mol. The van der Waals surface area contributed by atoms with E-state index in [0.717, 1.165) is 6.42 Å². The summed E-state index contributed by atoms with van der Waals surface area (Å²) in [6, 6.07) is 0. The van der Waals surface area contributed by atoms with Gasteiger partial charge in [0.05, 0.1) is 11.5 Å². The highest BCUT2D eigenvalue weighted by Crippen LogP contribution is 2.23. The van der Waals surface area contributed by atoms with Crippen LogP contribution in [0.15, 0.2) is 0 Å². The van der Waals surface area contributed by atoms with Gasteiger partial charge in [-0.25, -0.2) is 0 Å². The van der Waals surface area contributed by atoms with Gasteiger partial charge in [-0.05, 0) is 25.7 Å². The molecule has 0 aromatic carbocycles. The highest BCUT2D eigenvalue weighted by molar-refractivity contribution is 5.96. The van der Waals surface area contributed by atoms with Crippen LogP contribution in [0.25, 0.3) is 0 Å². The molecule has 0 bridgehead atoms. The van der Waals surface area contributed by atoms with E-state index in [-0.39, 0.29) is 24.2 Å². The molecule has 1 rings (SSSR count). The molecule has 0 aromatic heterocycles. The van der Waals surface area contributed by atoms with Crippen molar-refractivity contribution in [2.45, 2.75) is 52.1 Å². The summed E-state index contributed by atoms with van der Waals surface area (Å²) in [6.45, 7) is 6.22. The molecule has 1 saturated carbocycles. The van der Waals surface area contributed by atoms with E-state index < -0.39 is 5.60 Å². The molecule has 1 aliphatic carbocycles. The smallest absolute Gasteiger partial charge is 0.224 e. The molecule has 1 amide bonds. The first-order valence-electron chi connectivity index (χ1n) is 6.32. The molecule has 0 radical (unpaired) electrons. The highest BCUT2D eigenvalue weighted by atomic mass is 16.3. The first-order chi connectivity index (χ1) is 7.80. The second-order valence-electron chi connectivity index (χ2n) is 5.79. The lowest BCUT2D eigenvalue weighted by molar-refractivity contribution is -0.138. The molecule has 0 spiro atoms. The van der Waals surface area contributed by atoms with Crippen LogP contribution in [-0.2, 0) is 9.59 Å². The van der Waals surface area contributed by atoms with Crippen molar-refractivity contribution in [2.24, 2.45) is 11.8 Å². The summed E-state index contributed by atoms with van der Waals surface area (Å²) in [5, 5.41) is 12.8. The minimum Gasteiger partial charge on any atom is -0.388 e. The largest absolute Gasteiger partial charge is 0.388 e. The SMILES string of the molecule is CC(C)CCC(C)(O)CNC(=O)C1CC(=O)C1. The summed E-state index contributed by atoms with van der Waals surface area (Å²) >= 11 is 0. The van der Waals surface area contributed by atoms with E-state index in [4.69, 9.17) is 0 Å². The van der Waals surface area contributed by atoms with E-state index in [2.05, 4.69) is 19.2 Å². The summed E-state index contributed by atoms with van der Waals surface area (Å²) in [6.07, 6.45) is 2.33. The van der Waals surface area contributed by atoms with E-state index >= 15 is 0 Å². The Labute approximate surface area is 103 Å². The summed E-state index contributed by atoms with van der Waals surface area (Å²) < 4.78 is 0. The fourth-order valence-electron chi connectivity index (χ4n) is 1.79. The minimum absolute atomic E-state index is 0.102. The third-order valence-corrected chi connectivity index (χ3v) is 3.22. The molecule has 1 aliphatic rings. The van der Waals surface area contributed by atoms with Crippen LogP contribution < -0.4 is 5.32 Å². The number of hydrogen-bond acceptors (Lipinski definition) is 3. The van der Waals surface area contributed by atoms with Crippen molar-refractivity contribution in [2.75, 3.05) is 6.54 Å². The minimum atomic E-state index is -0.853. The van der Waals surface area contributed by atoms with Crippen LogP contribution in [0.3, 0.4) is 0 Å². The van der Waals surface area contributed by atoms with E-state index in [1.54, 1.807) is 6.92 Å². The van der Waals surface area contributed by atoms with Crippen LogP contribution in [0.2, 0.25) is 0 Å². The highest BCUT2D eigenvalue weighted by Gasteiger charge is 2.33. The van der Waals surface area contributed by atoms with E-state index in [1.807, 2.05) is 0 Å². The summed E-state index contributed by atoms with van der Waals surface area (Å²) in [5.41, 5.74) is -0.853. The van der Waals surface area contributed by atoms with Crippen molar-refractivity contribution < 1.29 is 14.7 Å². The molecular formula is C13H23NO3. The third kappa shape index (κ3) is 4.86. The van der Waals surface area contributed by atoms with Crippen LogP contribution in [0, 0.1) is 11.8 Å². The zero-order valence-corrected chi connectivity index (χ0v) is 11.0. The number of amides is 1.